The van der Waals surface area contributed by atoms with Crippen LogP contribution in [-0.2, 0) is 0 Å². The van der Waals surface area contributed by atoms with Crippen molar-refractivity contribution >= 4 is 6.21 Å². The third-order valence-electron chi connectivity index (χ3n) is 2.07. The molecule has 1 aromatic rings. The molecule has 1 aliphatic rings. The number of nitrogens with one attached hydrogen (secondary N) is 1. The van der Waals surface area contributed by atoms with E-state index in [0.717, 1.165) is 18.5 Å². The van der Waals surface area contributed by atoms with Crippen LogP contribution >= 0.6 is 0 Å². The fourth-order valence-electron chi connectivity index (χ4n) is 1.38. The molecular formula is C10H12N2O. The largest absolute Gasteiger partial charge is 0.508 e. The summed E-state index contributed by atoms with van der Waals surface area (Å²) in [6, 6.07) is 7.13. The molecule has 3 heteroatoms. The standard InChI is InChI=1S/C10H12N2O/c13-9-4-2-8(3-5-9)10-11-6-1-7-12-10/h2-6,10,12-13H,1,7H2. The predicted molar refractivity (Wildman–Crippen MR) is 52.0 cm³/mol. The summed E-state index contributed by atoms with van der Waals surface area (Å²) in [4.78, 5) is 4.31. The van der Waals surface area contributed by atoms with Crippen molar-refractivity contribution in [2.75, 3.05) is 6.54 Å². The lowest BCUT2D eigenvalue weighted by Gasteiger charge is -2.17. The Hall–Kier alpha value is -1.35. The first-order valence-corrected chi connectivity index (χ1v) is 4.40. The first kappa shape index (κ1) is 8.26. The Kier molecular flexibility index (Phi) is 2.27. The second-order valence-corrected chi connectivity index (χ2v) is 3.07. The normalized spacial score (nSPS) is 21.7. The van der Waals surface area contributed by atoms with Gasteiger partial charge in [-0.2, -0.15) is 0 Å². The molecule has 0 bridgehead atoms. The van der Waals surface area contributed by atoms with E-state index in [1.807, 2.05) is 18.3 Å². The van der Waals surface area contributed by atoms with Crippen LogP contribution in [0.25, 0.3) is 0 Å². The lowest BCUT2D eigenvalue weighted by molar-refractivity contribution is 0.474. The van der Waals surface area contributed by atoms with Gasteiger partial charge in [0.05, 0.1) is 0 Å². The first-order chi connectivity index (χ1) is 6.36. The minimum atomic E-state index is 0.0642. The van der Waals surface area contributed by atoms with Crippen LogP contribution in [0, 0.1) is 0 Å². The van der Waals surface area contributed by atoms with E-state index in [1.54, 1.807) is 12.1 Å². The van der Waals surface area contributed by atoms with Crippen molar-refractivity contribution in [3.63, 3.8) is 0 Å². The molecule has 0 saturated heterocycles. The van der Waals surface area contributed by atoms with E-state index in [9.17, 15) is 0 Å². The summed E-state index contributed by atoms with van der Waals surface area (Å²) >= 11 is 0. The Morgan fingerprint density at radius 1 is 1.31 bits per heavy atom. The van der Waals surface area contributed by atoms with E-state index in [4.69, 9.17) is 5.11 Å². The fourth-order valence-corrected chi connectivity index (χ4v) is 1.38. The second kappa shape index (κ2) is 3.58. The van der Waals surface area contributed by atoms with E-state index in [2.05, 4.69) is 10.3 Å². The number of phenols is 1. The molecule has 0 amide bonds. The predicted octanol–water partition coefficient (Wildman–Crippen LogP) is 1.45. The van der Waals surface area contributed by atoms with Gasteiger partial charge in [-0.3, -0.25) is 10.3 Å². The first-order valence-electron chi connectivity index (χ1n) is 4.40. The van der Waals surface area contributed by atoms with Crippen LogP contribution < -0.4 is 5.32 Å². The zero-order valence-electron chi connectivity index (χ0n) is 7.27. The molecule has 2 rings (SSSR count). The van der Waals surface area contributed by atoms with E-state index in [1.165, 1.54) is 0 Å². The number of hydrogen-bond donors (Lipinski definition) is 2. The Morgan fingerprint density at radius 3 is 2.69 bits per heavy atom. The Morgan fingerprint density at radius 2 is 2.08 bits per heavy atom. The number of aromatic hydroxyl groups is 1. The number of phenolic OH excluding ortho intramolecular Hbond substituents is 1. The maximum absolute atomic E-state index is 9.10. The molecule has 2 N–H and O–H groups in total. The Bertz CT molecular complexity index is 305. The maximum atomic E-state index is 9.10. The van der Waals surface area contributed by atoms with Gasteiger partial charge in [-0.25, -0.2) is 0 Å². The molecule has 0 aromatic heterocycles. The Balaban J connectivity index is 2.19. The molecular weight excluding hydrogens is 164 g/mol. The van der Waals surface area contributed by atoms with E-state index in [-0.39, 0.29) is 6.17 Å². The Labute approximate surface area is 77.1 Å². The van der Waals surface area contributed by atoms with Crippen LogP contribution in [0.2, 0.25) is 0 Å². The van der Waals surface area contributed by atoms with Gasteiger partial charge < -0.3 is 5.11 Å². The molecule has 0 aliphatic carbocycles. The molecule has 1 aliphatic heterocycles. The maximum Gasteiger partial charge on any atom is 0.125 e. The van der Waals surface area contributed by atoms with Crippen LogP contribution in [0.5, 0.6) is 5.75 Å². The summed E-state index contributed by atoms with van der Waals surface area (Å²) in [5, 5.41) is 12.4. The zero-order valence-corrected chi connectivity index (χ0v) is 7.27. The third kappa shape index (κ3) is 1.87. The highest BCUT2D eigenvalue weighted by molar-refractivity contribution is 5.59. The van der Waals surface area contributed by atoms with Gasteiger partial charge in [-0.05, 0) is 24.1 Å². The molecule has 1 aromatic carbocycles. The molecule has 1 heterocycles. The minimum absolute atomic E-state index is 0.0642. The van der Waals surface area contributed by atoms with Gasteiger partial charge >= 0.3 is 0 Å². The topological polar surface area (TPSA) is 44.6 Å². The highest BCUT2D eigenvalue weighted by Gasteiger charge is 2.09. The van der Waals surface area contributed by atoms with Crippen LogP contribution in [0.1, 0.15) is 18.2 Å². The lowest BCUT2D eigenvalue weighted by atomic mass is 10.1. The zero-order chi connectivity index (χ0) is 9.10. The van der Waals surface area contributed by atoms with Crippen molar-refractivity contribution in [1.82, 2.24) is 5.32 Å². The van der Waals surface area contributed by atoms with Gasteiger partial charge in [0.25, 0.3) is 0 Å². The van der Waals surface area contributed by atoms with E-state index >= 15 is 0 Å². The second-order valence-electron chi connectivity index (χ2n) is 3.07. The SMILES string of the molecule is Oc1ccc(C2N=CCCN2)cc1. The van der Waals surface area contributed by atoms with Gasteiger partial charge in [0.1, 0.15) is 11.9 Å². The third-order valence-corrected chi connectivity index (χ3v) is 2.07. The fraction of sp³-hybridized carbons (Fsp3) is 0.300. The molecule has 3 nitrogen and oxygen atoms in total. The number of hydrogen-bond acceptors (Lipinski definition) is 3. The average Bonchev–Trinajstić information content (AvgIpc) is 2.20. The van der Waals surface area contributed by atoms with Gasteiger partial charge in [-0.1, -0.05) is 12.1 Å². The molecule has 0 spiro atoms. The van der Waals surface area contributed by atoms with Crippen molar-refractivity contribution < 1.29 is 5.11 Å². The number of benzene rings is 1. The van der Waals surface area contributed by atoms with Crippen LogP contribution in [0.3, 0.4) is 0 Å². The summed E-state index contributed by atoms with van der Waals surface area (Å²) in [6.07, 6.45) is 3.00. The average molecular weight is 176 g/mol. The molecule has 1 atom stereocenters. The van der Waals surface area contributed by atoms with Gasteiger partial charge in [0.2, 0.25) is 0 Å². The summed E-state index contributed by atoms with van der Waals surface area (Å²) in [5.74, 6) is 0.295. The van der Waals surface area contributed by atoms with Crippen molar-refractivity contribution in [1.29, 1.82) is 0 Å². The number of aliphatic imine (C=N–C) groups is 1. The van der Waals surface area contributed by atoms with Gasteiger partial charge in [0, 0.05) is 12.8 Å². The van der Waals surface area contributed by atoms with Crippen LogP contribution in [0.4, 0.5) is 0 Å². The molecule has 13 heavy (non-hydrogen) atoms. The highest BCUT2D eigenvalue weighted by atomic mass is 16.3. The monoisotopic (exact) mass is 176 g/mol. The van der Waals surface area contributed by atoms with Crippen molar-refractivity contribution in [2.24, 2.45) is 4.99 Å². The van der Waals surface area contributed by atoms with Crippen LogP contribution in [0.15, 0.2) is 29.3 Å². The van der Waals surface area contributed by atoms with Crippen LogP contribution in [-0.4, -0.2) is 17.9 Å². The van der Waals surface area contributed by atoms with Crippen molar-refractivity contribution in [3.8, 4) is 5.75 Å². The van der Waals surface area contributed by atoms with Gasteiger partial charge in [0.15, 0.2) is 0 Å². The summed E-state index contributed by atoms with van der Waals surface area (Å²) in [5.41, 5.74) is 1.09. The molecule has 0 radical (unpaired) electrons. The minimum Gasteiger partial charge on any atom is -0.508 e. The molecule has 0 fully saturated rings. The van der Waals surface area contributed by atoms with Gasteiger partial charge in [-0.15, -0.1) is 0 Å². The number of nitrogens with zero attached hydrogens (tertiary/aromatic N) is 1. The molecule has 68 valence electrons. The summed E-state index contributed by atoms with van der Waals surface area (Å²) in [7, 11) is 0. The summed E-state index contributed by atoms with van der Waals surface area (Å²) < 4.78 is 0. The molecule has 1 unspecified atom stereocenters. The lowest BCUT2D eigenvalue weighted by Crippen LogP contribution is -2.24. The number of rotatable bonds is 1. The smallest absolute Gasteiger partial charge is 0.125 e. The highest BCUT2D eigenvalue weighted by Crippen LogP contribution is 2.18. The molecule has 0 saturated carbocycles. The van der Waals surface area contributed by atoms with Crippen molar-refractivity contribution in [3.05, 3.63) is 29.8 Å². The quantitative estimate of drug-likeness (QED) is 0.680. The van der Waals surface area contributed by atoms with Crippen molar-refractivity contribution in [2.45, 2.75) is 12.6 Å². The van der Waals surface area contributed by atoms with E-state index < -0.39 is 0 Å². The van der Waals surface area contributed by atoms with E-state index in [0.29, 0.717) is 5.75 Å². The summed E-state index contributed by atoms with van der Waals surface area (Å²) in [6.45, 7) is 0.967.